The molecule has 0 saturated heterocycles. The molecular weight excluding hydrogens is 524 g/mol. The lowest BCUT2D eigenvalue weighted by Gasteiger charge is -2.21. The summed E-state index contributed by atoms with van der Waals surface area (Å²) in [5.74, 6) is -1.46. The largest absolute Gasteiger partial charge is 0.435 e. The highest BCUT2D eigenvalue weighted by Gasteiger charge is 2.36. The molecule has 40 heavy (non-hydrogen) atoms. The van der Waals surface area contributed by atoms with Gasteiger partial charge in [0, 0.05) is 11.6 Å². The zero-order chi connectivity index (χ0) is 28.4. The van der Waals surface area contributed by atoms with E-state index in [4.69, 9.17) is 11.1 Å². The van der Waals surface area contributed by atoms with Crippen LogP contribution >= 0.6 is 0 Å². The van der Waals surface area contributed by atoms with Crippen LogP contribution < -0.4 is 16.4 Å². The third kappa shape index (κ3) is 6.04. The van der Waals surface area contributed by atoms with Gasteiger partial charge in [0.25, 0.3) is 5.91 Å². The number of halogens is 4. The van der Waals surface area contributed by atoms with Crippen molar-refractivity contribution in [2.75, 3.05) is 11.9 Å². The second kappa shape index (κ2) is 10.9. The van der Waals surface area contributed by atoms with Gasteiger partial charge in [0.2, 0.25) is 0 Å². The van der Waals surface area contributed by atoms with Gasteiger partial charge in [0.1, 0.15) is 17.3 Å². The fourth-order valence-electron chi connectivity index (χ4n) is 4.37. The molecule has 7 nitrogen and oxygen atoms in total. The highest BCUT2D eigenvalue weighted by molar-refractivity contribution is 6.04. The number of carbonyl (C=O) groups excluding carboxylic acids is 1. The van der Waals surface area contributed by atoms with Crippen molar-refractivity contribution in [2.24, 2.45) is 11.7 Å². The molecular formula is C29H26F4N6O. The molecule has 4 aromatic rings. The summed E-state index contributed by atoms with van der Waals surface area (Å²) >= 11 is 0. The smallest absolute Gasteiger partial charge is 0.384 e. The second-order valence-corrected chi connectivity index (χ2v) is 9.68. The highest BCUT2D eigenvalue weighted by Crippen LogP contribution is 2.32. The molecule has 3 aromatic carbocycles. The number of nitrogens with zero attached hydrogens (tertiary/aromatic N) is 2. The van der Waals surface area contributed by atoms with Crippen molar-refractivity contribution < 1.29 is 22.4 Å². The minimum Gasteiger partial charge on any atom is -0.384 e. The van der Waals surface area contributed by atoms with Gasteiger partial charge in [-0.2, -0.15) is 18.3 Å². The number of alkyl halides is 3. The van der Waals surface area contributed by atoms with Gasteiger partial charge >= 0.3 is 6.18 Å². The quantitative estimate of drug-likeness (QED) is 0.123. The topological polar surface area (TPSA) is 109 Å². The number of amides is 1. The number of nitrogens with one attached hydrogen (secondary N) is 3. The first-order chi connectivity index (χ1) is 19.1. The molecule has 0 spiro atoms. The van der Waals surface area contributed by atoms with Crippen molar-refractivity contribution in [3.05, 3.63) is 113 Å². The molecule has 1 heterocycles. The zero-order valence-electron chi connectivity index (χ0n) is 21.2. The van der Waals surface area contributed by atoms with E-state index in [1.54, 1.807) is 6.07 Å². The molecule has 1 aliphatic rings. The van der Waals surface area contributed by atoms with E-state index in [1.807, 2.05) is 30.3 Å². The predicted octanol–water partition coefficient (Wildman–Crippen LogP) is 5.66. The number of carbonyl (C=O) groups is 1. The van der Waals surface area contributed by atoms with Crippen LogP contribution in [0.2, 0.25) is 0 Å². The molecule has 1 atom stereocenters. The van der Waals surface area contributed by atoms with E-state index >= 15 is 0 Å². The number of nitrogen functional groups attached to an aromatic ring is 1. The van der Waals surface area contributed by atoms with Crippen LogP contribution in [-0.4, -0.2) is 28.1 Å². The molecule has 0 radical (unpaired) electrons. The lowest BCUT2D eigenvalue weighted by molar-refractivity contribution is -0.141. The molecule has 1 saturated carbocycles. The molecule has 11 heteroatoms. The summed E-state index contributed by atoms with van der Waals surface area (Å²) in [5, 5.41) is 17.1. The Bertz CT molecular complexity index is 1550. The molecule has 0 unspecified atom stereocenters. The summed E-state index contributed by atoms with van der Waals surface area (Å²) in [6, 6.07) is 19.9. The molecule has 206 valence electrons. The fraction of sp³-hybridized carbons (Fsp3) is 0.207. The number of aromatic nitrogens is 2. The van der Waals surface area contributed by atoms with Crippen LogP contribution in [0.1, 0.15) is 51.8 Å². The van der Waals surface area contributed by atoms with Crippen molar-refractivity contribution >= 4 is 17.4 Å². The molecule has 1 fully saturated rings. The van der Waals surface area contributed by atoms with Gasteiger partial charge in [-0.1, -0.05) is 48.5 Å². The maximum absolute atomic E-state index is 14.9. The van der Waals surface area contributed by atoms with Gasteiger partial charge in [0.15, 0.2) is 5.69 Å². The number of benzene rings is 3. The van der Waals surface area contributed by atoms with Crippen LogP contribution in [0.3, 0.4) is 0 Å². The monoisotopic (exact) mass is 550 g/mol. The Labute approximate surface area is 227 Å². The van der Waals surface area contributed by atoms with Crippen molar-refractivity contribution in [3.63, 3.8) is 0 Å². The molecule has 0 aliphatic heterocycles. The lowest BCUT2D eigenvalue weighted by atomic mass is 9.97. The van der Waals surface area contributed by atoms with Gasteiger partial charge in [-0.15, -0.1) is 0 Å². The first kappa shape index (κ1) is 27.1. The van der Waals surface area contributed by atoms with Gasteiger partial charge in [-0.25, -0.2) is 9.07 Å². The lowest BCUT2D eigenvalue weighted by Crippen LogP contribution is -2.25. The van der Waals surface area contributed by atoms with Crippen LogP contribution in [0.25, 0.3) is 5.69 Å². The SMILES string of the molecule is N=C(N)c1cccc(-n2nc(C(F)(F)F)cc2C(=O)Nc2cc([C@@H](NCC3CC3)c3ccccc3)ccc2F)c1. The first-order valence-corrected chi connectivity index (χ1v) is 12.6. The summed E-state index contributed by atoms with van der Waals surface area (Å²) < 4.78 is 56.4. The van der Waals surface area contributed by atoms with Crippen LogP contribution in [0.15, 0.2) is 78.9 Å². The zero-order valence-corrected chi connectivity index (χ0v) is 21.2. The van der Waals surface area contributed by atoms with Crippen molar-refractivity contribution in [3.8, 4) is 5.69 Å². The normalized spacial score (nSPS) is 14.1. The summed E-state index contributed by atoms with van der Waals surface area (Å²) in [7, 11) is 0. The average Bonchev–Trinajstić information content (AvgIpc) is 3.64. The Kier molecular flexibility index (Phi) is 7.40. The molecule has 1 aromatic heterocycles. The summed E-state index contributed by atoms with van der Waals surface area (Å²) in [6.07, 6.45) is -2.55. The Balaban J connectivity index is 1.49. The first-order valence-electron chi connectivity index (χ1n) is 12.6. The Hall–Kier alpha value is -4.51. The van der Waals surface area contributed by atoms with Crippen LogP contribution in [0.5, 0.6) is 0 Å². The number of anilines is 1. The van der Waals surface area contributed by atoms with Gasteiger partial charge in [-0.05, 0) is 60.7 Å². The number of nitrogens with two attached hydrogens (primary N) is 1. The summed E-state index contributed by atoms with van der Waals surface area (Å²) in [5.41, 5.74) is 5.52. The second-order valence-electron chi connectivity index (χ2n) is 9.68. The third-order valence-electron chi connectivity index (χ3n) is 6.65. The summed E-state index contributed by atoms with van der Waals surface area (Å²) in [6.45, 7) is 0.775. The molecule has 0 bridgehead atoms. The van der Waals surface area contributed by atoms with Crippen LogP contribution in [0.4, 0.5) is 23.2 Å². The van der Waals surface area contributed by atoms with E-state index in [9.17, 15) is 22.4 Å². The van der Waals surface area contributed by atoms with Crippen molar-refractivity contribution in [2.45, 2.75) is 25.1 Å². The highest BCUT2D eigenvalue weighted by atomic mass is 19.4. The molecule has 5 N–H and O–H groups in total. The third-order valence-corrected chi connectivity index (χ3v) is 6.65. The molecule has 1 aliphatic carbocycles. The van der Waals surface area contributed by atoms with Crippen molar-refractivity contribution in [1.29, 1.82) is 5.41 Å². The fourth-order valence-corrected chi connectivity index (χ4v) is 4.37. The van der Waals surface area contributed by atoms with E-state index in [1.165, 1.54) is 36.4 Å². The number of hydrogen-bond acceptors (Lipinski definition) is 4. The minimum atomic E-state index is -4.83. The standard InChI is InChI=1S/C29H26F4N6O/c30-22-12-11-19(26(36-16-17-9-10-17)18-5-2-1-3-6-18)14-23(22)37-28(40)24-15-25(29(31,32)33)38-39(24)21-8-4-7-20(13-21)27(34)35/h1-8,11-15,17,26,36H,9-10,16H2,(H3,34,35)(H,37,40)/t26-/m0/s1. The Morgan fingerprint density at radius 2 is 1.77 bits per heavy atom. The number of rotatable bonds is 9. The van der Waals surface area contributed by atoms with E-state index in [0.29, 0.717) is 17.5 Å². The maximum atomic E-state index is 14.9. The van der Waals surface area contributed by atoms with Crippen LogP contribution in [-0.2, 0) is 6.18 Å². The van der Waals surface area contributed by atoms with E-state index in [0.717, 1.165) is 29.6 Å². The Morgan fingerprint density at radius 1 is 1.02 bits per heavy atom. The van der Waals surface area contributed by atoms with Gasteiger partial charge < -0.3 is 16.4 Å². The molecule has 1 amide bonds. The summed E-state index contributed by atoms with van der Waals surface area (Å²) in [4.78, 5) is 13.3. The van der Waals surface area contributed by atoms with E-state index < -0.39 is 29.3 Å². The van der Waals surface area contributed by atoms with Gasteiger partial charge in [0.05, 0.1) is 17.4 Å². The van der Waals surface area contributed by atoms with Crippen LogP contribution in [0, 0.1) is 17.1 Å². The van der Waals surface area contributed by atoms with E-state index in [2.05, 4.69) is 15.7 Å². The number of hydrogen-bond donors (Lipinski definition) is 4. The average molecular weight is 551 g/mol. The van der Waals surface area contributed by atoms with E-state index in [-0.39, 0.29) is 28.8 Å². The predicted molar refractivity (Wildman–Crippen MR) is 143 cm³/mol. The maximum Gasteiger partial charge on any atom is 0.435 e. The molecule has 5 rings (SSSR count). The Morgan fingerprint density at radius 3 is 2.45 bits per heavy atom. The minimum absolute atomic E-state index is 0.0796. The van der Waals surface area contributed by atoms with Crippen molar-refractivity contribution in [1.82, 2.24) is 15.1 Å². The number of amidine groups is 1. The van der Waals surface area contributed by atoms with Gasteiger partial charge in [-0.3, -0.25) is 10.2 Å².